The molecule has 0 heterocycles. The molecule has 0 amide bonds. The SMILES string of the molecule is COc1c(C2(C(=O)O)CC2)cc(Cl)c(O)c1F. The molecule has 4 nitrogen and oxygen atoms in total. The maximum Gasteiger partial charge on any atom is 0.314 e. The fourth-order valence-corrected chi connectivity index (χ4v) is 2.06. The first-order chi connectivity index (χ1) is 7.94. The lowest BCUT2D eigenvalue weighted by Crippen LogP contribution is -2.20. The van der Waals surface area contributed by atoms with Gasteiger partial charge in [0.15, 0.2) is 11.5 Å². The molecule has 0 saturated heterocycles. The van der Waals surface area contributed by atoms with E-state index in [0.717, 1.165) is 0 Å². The number of carboxylic acids is 1. The molecular formula is C11H10ClFO4. The summed E-state index contributed by atoms with van der Waals surface area (Å²) in [5.41, 5.74) is -0.962. The summed E-state index contributed by atoms with van der Waals surface area (Å²) in [7, 11) is 1.22. The number of hydrogen-bond acceptors (Lipinski definition) is 3. The van der Waals surface area contributed by atoms with Gasteiger partial charge in [0.1, 0.15) is 0 Å². The first-order valence-corrected chi connectivity index (χ1v) is 5.30. The number of carboxylic acid groups (broad SMARTS) is 1. The molecule has 0 bridgehead atoms. The summed E-state index contributed by atoms with van der Waals surface area (Å²) < 4.78 is 18.5. The van der Waals surface area contributed by atoms with Crippen molar-refractivity contribution in [2.24, 2.45) is 0 Å². The van der Waals surface area contributed by atoms with Crippen molar-refractivity contribution in [2.75, 3.05) is 7.11 Å². The maximum absolute atomic E-state index is 13.7. The van der Waals surface area contributed by atoms with Gasteiger partial charge in [-0.05, 0) is 18.9 Å². The minimum atomic E-state index is -1.14. The molecule has 0 aliphatic heterocycles. The van der Waals surface area contributed by atoms with Gasteiger partial charge in [-0.2, -0.15) is 4.39 Å². The third-order valence-electron chi connectivity index (χ3n) is 3.03. The smallest absolute Gasteiger partial charge is 0.314 e. The molecule has 1 fully saturated rings. The number of methoxy groups -OCH3 is 1. The average Bonchev–Trinajstić information content (AvgIpc) is 3.06. The molecule has 0 aromatic heterocycles. The number of aromatic hydroxyl groups is 1. The van der Waals surface area contributed by atoms with Crippen LogP contribution in [-0.4, -0.2) is 23.3 Å². The Kier molecular flexibility index (Phi) is 2.66. The molecule has 2 N–H and O–H groups in total. The molecule has 2 rings (SSSR count). The Morgan fingerprint density at radius 1 is 1.59 bits per heavy atom. The average molecular weight is 261 g/mol. The summed E-state index contributed by atoms with van der Waals surface area (Å²) in [4.78, 5) is 11.2. The monoisotopic (exact) mass is 260 g/mol. The maximum atomic E-state index is 13.7. The first kappa shape index (κ1) is 12.0. The fourth-order valence-electron chi connectivity index (χ4n) is 1.87. The van der Waals surface area contributed by atoms with Crippen molar-refractivity contribution < 1.29 is 24.1 Å². The van der Waals surface area contributed by atoms with Crippen LogP contribution < -0.4 is 4.74 Å². The Labute approximate surface area is 102 Å². The molecule has 6 heteroatoms. The van der Waals surface area contributed by atoms with Gasteiger partial charge in [-0.25, -0.2) is 0 Å². The minimum Gasteiger partial charge on any atom is -0.504 e. The van der Waals surface area contributed by atoms with Gasteiger partial charge in [0.2, 0.25) is 5.82 Å². The van der Waals surface area contributed by atoms with E-state index in [2.05, 4.69) is 0 Å². The minimum absolute atomic E-state index is 0.174. The van der Waals surface area contributed by atoms with E-state index in [1.807, 2.05) is 0 Å². The summed E-state index contributed by atoms with van der Waals surface area (Å²) in [5.74, 6) is -3.06. The zero-order valence-electron chi connectivity index (χ0n) is 8.96. The number of aliphatic carboxylic acids is 1. The second-order valence-electron chi connectivity index (χ2n) is 3.99. The van der Waals surface area contributed by atoms with Gasteiger partial charge in [-0.15, -0.1) is 0 Å². The molecule has 1 aliphatic carbocycles. The molecule has 0 unspecified atom stereocenters. The highest BCUT2D eigenvalue weighted by atomic mass is 35.5. The molecule has 1 aliphatic rings. The lowest BCUT2D eigenvalue weighted by atomic mass is 9.94. The summed E-state index contributed by atoms with van der Waals surface area (Å²) in [5, 5.41) is 18.3. The number of carbonyl (C=O) groups is 1. The number of rotatable bonds is 3. The number of phenols is 1. The zero-order valence-corrected chi connectivity index (χ0v) is 9.71. The lowest BCUT2D eigenvalue weighted by molar-refractivity contribution is -0.140. The van der Waals surface area contributed by atoms with E-state index < -0.39 is 23.0 Å². The van der Waals surface area contributed by atoms with Gasteiger partial charge >= 0.3 is 5.97 Å². The van der Waals surface area contributed by atoms with Crippen molar-refractivity contribution in [1.82, 2.24) is 0 Å². The highest BCUT2D eigenvalue weighted by molar-refractivity contribution is 6.32. The number of phenolic OH excluding ortho intramolecular Hbond substituents is 1. The van der Waals surface area contributed by atoms with Gasteiger partial charge in [-0.3, -0.25) is 4.79 Å². The highest BCUT2D eigenvalue weighted by Crippen LogP contribution is 2.54. The molecule has 0 spiro atoms. The first-order valence-electron chi connectivity index (χ1n) is 4.93. The summed E-state index contributed by atoms with van der Waals surface area (Å²) >= 11 is 5.65. The Bertz CT molecular complexity index is 497. The third-order valence-corrected chi connectivity index (χ3v) is 3.32. The molecule has 0 atom stereocenters. The van der Waals surface area contributed by atoms with Crippen LogP contribution in [0.2, 0.25) is 5.02 Å². The van der Waals surface area contributed by atoms with E-state index in [4.69, 9.17) is 21.4 Å². The second kappa shape index (κ2) is 3.77. The van der Waals surface area contributed by atoms with Crippen molar-refractivity contribution in [3.8, 4) is 11.5 Å². The van der Waals surface area contributed by atoms with Crippen LogP contribution in [-0.2, 0) is 10.2 Å². The zero-order chi connectivity index (χ0) is 12.8. The van der Waals surface area contributed by atoms with E-state index in [9.17, 15) is 14.3 Å². The van der Waals surface area contributed by atoms with E-state index in [-0.39, 0.29) is 16.3 Å². The Balaban J connectivity index is 2.66. The molecular weight excluding hydrogens is 251 g/mol. The van der Waals surface area contributed by atoms with Crippen molar-refractivity contribution in [3.63, 3.8) is 0 Å². The summed E-state index contributed by atoms with van der Waals surface area (Å²) in [6, 6.07) is 1.25. The van der Waals surface area contributed by atoms with Crippen molar-refractivity contribution >= 4 is 17.6 Å². The van der Waals surface area contributed by atoms with Gasteiger partial charge in [0, 0.05) is 5.56 Å². The second-order valence-corrected chi connectivity index (χ2v) is 4.40. The molecule has 1 aromatic carbocycles. The van der Waals surface area contributed by atoms with Gasteiger partial charge in [0.05, 0.1) is 17.5 Å². The standard InChI is InChI=1S/C11H10ClFO4/c1-17-9-5(11(2-3-11)10(15)16)4-6(12)8(14)7(9)13/h4,14H,2-3H2,1H3,(H,15,16). The Hall–Kier alpha value is -1.49. The van der Waals surface area contributed by atoms with Crippen LogP contribution in [0.3, 0.4) is 0 Å². The van der Waals surface area contributed by atoms with Crippen LogP contribution in [0.4, 0.5) is 4.39 Å². The lowest BCUT2D eigenvalue weighted by Gasteiger charge is -2.16. The number of ether oxygens (including phenoxy) is 1. The Morgan fingerprint density at radius 2 is 2.18 bits per heavy atom. The fraction of sp³-hybridized carbons (Fsp3) is 0.364. The largest absolute Gasteiger partial charge is 0.504 e. The number of hydrogen-bond donors (Lipinski definition) is 2. The molecule has 1 aromatic rings. The van der Waals surface area contributed by atoms with E-state index >= 15 is 0 Å². The van der Waals surface area contributed by atoms with Crippen LogP contribution in [0.5, 0.6) is 11.5 Å². The number of benzene rings is 1. The Morgan fingerprint density at radius 3 is 2.59 bits per heavy atom. The topological polar surface area (TPSA) is 66.8 Å². The predicted molar refractivity (Wildman–Crippen MR) is 58.2 cm³/mol. The predicted octanol–water partition coefficient (Wildman–Crippen LogP) is 2.31. The van der Waals surface area contributed by atoms with E-state index in [1.54, 1.807) is 0 Å². The van der Waals surface area contributed by atoms with Gasteiger partial charge < -0.3 is 14.9 Å². The quantitative estimate of drug-likeness (QED) is 0.875. The molecule has 92 valence electrons. The van der Waals surface area contributed by atoms with Crippen molar-refractivity contribution in [2.45, 2.75) is 18.3 Å². The van der Waals surface area contributed by atoms with E-state index in [1.165, 1.54) is 13.2 Å². The summed E-state index contributed by atoms with van der Waals surface area (Å²) in [6.45, 7) is 0. The van der Waals surface area contributed by atoms with Crippen LogP contribution in [0.15, 0.2) is 6.07 Å². The van der Waals surface area contributed by atoms with E-state index in [0.29, 0.717) is 12.8 Å². The van der Waals surface area contributed by atoms with Crippen molar-refractivity contribution in [1.29, 1.82) is 0 Å². The van der Waals surface area contributed by atoms with Crippen LogP contribution in [0.1, 0.15) is 18.4 Å². The normalized spacial score (nSPS) is 16.6. The van der Waals surface area contributed by atoms with Gasteiger partial charge in [-0.1, -0.05) is 11.6 Å². The van der Waals surface area contributed by atoms with Crippen molar-refractivity contribution in [3.05, 3.63) is 22.5 Å². The third kappa shape index (κ3) is 1.61. The highest BCUT2D eigenvalue weighted by Gasteiger charge is 2.54. The van der Waals surface area contributed by atoms with Crippen LogP contribution in [0.25, 0.3) is 0 Å². The molecule has 1 saturated carbocycles. The summed E-state index contributed by atoms with van der Waals surface area (Å²) in [6.07, 6.45) is 0.804. The van der Waals surface area contributed by atoms with Gasteiger partial charge in [0.25, 0.3) is 0 Å². The number of halogens is 2. The van der Waals surface area contributed by atoms with Crippen LogP contribution >= 0.6 is 11.6 Å². The molecule has 17 heavy (non-hydrogen) atoms. The molecule has 0 radical (unpaired) electrons. The van der Waals surface area contributed by atoms with Crippen LogP contribution in [0, 0.1) is 5.82 Å².